The van der Waals surface area contributed by atoms with Gasteiger partial charge < -0.3 is 24.2 Å². The van der Waals surface area contributed by atoms with Gasteiger partial charge in [0.25, 0.3) is 11.7 Å². The summed E-state index contributed by atoms with van der Waals surface area (Å²) in [6.45, 7) is 8.46. The van der Waals surface area contributed by atoms with Gasteiger partial charge in [-0.3, -0.25) is 14.5 Å². The number of aliphatic hydroxyl groups is 1. The van der Waals surface area contributed by atoms with E-state index in [1.807, 2.05) is 31.2 Å². The number of ketones is 1. The Morgan fingerprint density at radius 1 is 1.03 bits per heavy atom. The van der Waals surface area contributed by atoms with Crippen molar-refractivity contribution in [1.82, 2.24) is 9.80 Å². The van der Waals surface area contributed by atoms with E-state index in [4.69, 9.17) is 14.2 Å². The highest BCUT2D eigenvalue weighted by Crippen LogP contribution is 2.42. The zero-order chi connectivity index (χ0) is 27.1. The van der Waals surface area contributed by atoms with Crippen LogP contribution in [0.4, 0.5) is 0 Å². The maximum atomic E-state index is 13.4. The lowest BCUT2D eigenvalue weighted by Gasteiger charge is -2.31. The van der Waals surface area contributed by atoms with Gasteiger partial charge in [-0.15, -0.1) is 0 Å². The number of carbonyl (C=O) groups is 2. The molecule has 2 aliphatic heterocycles. The average Bonchev–Trinajstić information content (AvgIpc) is 3.19. The number of hydrogen-bond donors (Lipinski definition) is 1. The lowest BCUT2D eigenvalue weighted by atomic mass is 9.94. The van der Waals surface area contributed by atoms with Gasteiger partial charge in [0.2, 0.25) is 0 Å². The third-order valence-electron chi connectivity index (χ3n) is 7.13. The number of hydrogen-bond acceptors (Lipinski definition) is 7. The quantitative estimate of drug-likeness (QED) is 0.203. The van der Waals surface area contributed by atoms with Gasteiger partial charge in [-0.2, -0.15) is 0 Å². The van der Waals surface area contributed by atoms with Crippen molar-refractivity contribution >= 4 is 17.4 Å². The second kappa shape index (κ2) is 12.9. The highest BCUT2D eigenvalue weighted by molar-refractivity contribution is 6.46. The lowest BCUT2D eigenvalue weighted by Crippen LogP contribution is -2.42. The minimum absolute atomic E-state index is 0.0829. The molecule has 2 aromatic carbocycles. The van der Waals surface area contributed by atoms with E-state index >= 15 is 0 Å². The number of morpholine rings is 1. The van der Waals surface area contributed by atoms with Crippen LogP contribution in [0.2, 0.25) is 0 Å². The predicted octanol–water partition coefficient (Wildman–Crippen LogP) is 4.33. The molecule has 38 heavy (non-hydrogen) atoms. The van der Waals surface area contributed by atoms with Crippen molar-refractivity contribution in [3.05, 3.63) is 64.7 Å². The first kappa shape index (κ1) is 27.7. The highest BCUT2D eigenvalue weighted by atomic mass is 16.5. The van der Waals surface area contributed by atoms with Crippen molar-refractivity contribution in [3.8, 4) is 11.5 Å². The highest BCUT2D eigenvalue weighted by Gasteiger charge is 2.46. The molecule has 1 unspecified atom stereocenters. The van der Waals surface area contributed by atoms with E-state index in [9.17, 15) is 14.7 Å². The van der Waals surface area contributed by atoms with Crippen LogP contribution in [0, 0.1) is 6.92 Å². The molecule has 0 radical (unpaired) electrons. The van der Waals surface area contributed by atoms with E-state index in [0.717, 1.165) is 37.9 Å². The number of aryl methyl sites for hydroxylation is 1. The summed E-state index contributed by atoms with van der Waals surface area (Å²) in [5.74, 6) is -0.352. The molecule has 1 amide bonds. The van der Waals surface area contributed by atoms with Crippen molar-refractivity contribution in [3.63, 3.8) is 0 Å². The summed E-state index contributed by atoms with van der Waals surface area (Å²) in [6.07, 6.45) is 3.12. The zero-order valence-corrected chi connectivity index (χ0v) is 22.6. The van der Waals surface area contributed by atoms with Crippen LogP contribution >= 0.6 is 0 Å². The summed E-state index contributed by atoms with van der Waals surface area (Å²) in [6, 6.07) is 12.0. The number of carbonyl (C=O) groups excluding carboxylic acids is 2. The van der Waals surface area contributed by atoms with Gasteiger partial charge in [-0.25, -0.2) is 0 Å². The number of aliphatic hydroxyl groups excluding tert-OH is 1. The molecule has 2 heterocycles. The first-order valence-electron chi connectivity index (χ1n) is 13.4. The van der Waals surface area contributed by atoms with E-state index in [-0.39, 0.29) is 11.3 Å². The first-order valence-corrected chi connectivity index (χ1v) is 13.4. The Hall–Kier alpha value is -3.36. The molecule has 0 aliphatic carbocycles. The van der Waals surface area contributed by atoms with Gasteiger partial charge in [0, 0.05) is 31.7 Å². The second-order valence-electron chi connectivity index (χ2n) is 9.78. The molecular formula is C30H38N2O6. The number of amides is 1. The van der Waals surface area contributed by atoms with Gasteiger partial charge >= 0.3 is 0 Å². The monoisotopic (exact) mass is 522 g/mol. The normalized spacial score (nSPS) is 19.7. The Labute approximate surface area is 224 Å². The van der Waals surface area contributed by atoms with Gasteiger partial charge in [0.05, 0.1) is 38.5 Å². The summed E-state index contributed by atoms with van der Waals surface area (Å²) >= 11 is 0. The van der Waals surface area contributed by atoms with Gasteiger partial charge in [-0.05, 0) is 31.0 Å². The van der Waals surface area contributed by atoms with Crippen molar-refractivity contribution in [1.29, 1.82) is 0 Å². The van der Waals surface area contributed by atoms with Crippen LogP contribution in [0.25, 0.3) is 5.76 Å². The fourth-order valence-corrected chi connectivity index (χ4v) is 4.91. The molecule has 8 nitrogen and oxygen atoms in total. The van der Waals surface area contributed by atoms with Crippen LogP contribution in [-0.2, 0) is 14.3 Å². The van der Waals surface area contributed by atoms with Crippen LogP contribution < -0.4 is 9.47 Å². The number of methoxy groups -OCH3 is 1. The summed E-state index contributed by atoms with van der Waals surface area (Å²) in [4.78, 5) is 30.5. The van der Waals surface area contributed by atoms with Crippen molar-refractivity contribution in [2.75, 3.05) is 53.1 Å². The lowest BCUT2D eigenvalue weighted by molar-refractivity contribution is -0.140. The Bertz CT molecular complexity index is 1150. The van der Waals surface area contributed by atoms with Crippen molar-refractivity contribution in [2.45, 2.75) is 39.2 Å². The third kappa shape index (κ3) is 6.19. The topological polar surface area (TPSA) is 88.5 Å². The van der Waals surface area contributed by atoms with E-state index in [1.54, 1.807) is 30.2 Å². The molecule has 0 saturated carbocycles. The summed E-state index contributed by atoms with van der Waals surface area (Å²) in [5, 5.41) is 11.3. The number of benzene rings is 2. The summed E-state index contributed by atoms with van der Waals surface area (Å²) < 4.78 is 17.0. The smallest absolute Gasteiger partial charge is 0.295 e. The molecular weight excluding hydrogens is 484 g/mol. The summed E-state index contributed by atoms with van der Waals surface area (Å²) in [5.41, 5.74) is 2.29. The van der Waals surface area contributed by atoms with Crippen LogP contribution in [0.15, 0.2) is 48.0 Å². The van der Waals surface area contributed by atoms with Crippen molar-refractivity contribution < 1.29 is 28.9 Å². The maximum absolute atomic E-state index is 13.4. The Kier molecular flexibility index (Phi) is 9.42. The third-order valence-corrected chi connectivity index (χ3v) is 7.13. The molecule has 0 spiro atoms. The van der Waals surface area contributed by atoms with E-state index in [1.165, 1.54) is 0 Å². The molecule has 0 aromatic heterocycles. The maximum Gasteiger partial charge on any atom is 0.295 e. The number of rotatable bonds is 11. The molecule has 1 N–H and O–H groups in total. The fourth-order valence-electron chi connectivity index (χ4n) is 4.91. The van der Waals surface area contributed by atoms with Gasteiger partial charge in [0.15, 0.2) is 11.5 Å². The minimum atomic E-state index is -0.750. The molecule has 2 aromatic rings. The van der Waals surface area contributed by atoms with Gasteiger partial charge in [-0.1, -0.05) is 55.7 Å². The number of ether oxygens (including phenoxy) is 3. The van der Waals surface area contributed by atoms with Crippen LogP contribution in [0.1, 0.15) is 48.9 Å². The van der Waals surface area contributed by atoms with E-state index in [2.05, 4.69) is 11.8 Å². The Morgan fingerprint density at radius 2 is 1.76 bits per heavy atom. The summed E-state index contributed by atoms with van der Waals surface area (Å²) in [7, 11) is 1.57. The number of unbranched alkanes of at least 4 members (excludes halogenated alkanes) is 2. The van der Waals surface area contributed by atoms with Crippen LogP contribution in [0.3, 0.4) is 0 Å². The average molecular weight is 523 g/mol. The Morgan fingerprint density at radius 3 is 2.45 bits per heavy atom. The number of likely N-dealkylation sites (tertiary alicyclic amines) is 1. The fraction of sp³-hybridized carbons (Fsp3) is 0.467. The van der Waals surface area contributed by atoms with Crippen molar-refractivity contribution in [2.24, 2.45) is 0 Å². The molecule has 8 heteroatoms. The van der Waals surface area contributed by atoms with E-state index < -0.39 is 17.7 Å². The predicted molar refractivity (Wildman–Crippen MR) is 145 cm³/mol. The molecule has 4 rings (SSSR count). The second-order valence-corrected chi connectivity index (χ2v) is 9.78. The van der Waals surface area contributed by atoms with Crippen LogP contribution in [0.5, 0.6) is 11.5 Å². The molecule has 204 valence electrons. The van der Waals surface area contributed by atoms with Crippen LogP contribution in [-0.4, -0.2) is 79.7 Å². The van der Waals surface area contributed by atoms with E-state index in [0.29, 0.717) is 55.5 Å². The number of Topliss-reactive ketones (excluding diaryl/α,β-unsaturated/α-hetero) is 1. The molecule has 2 saturated heterocycles. The minimum Gasteiger partial charge on any atom is -0.507 e. The van der Waals surface area contributed by atoms with Gasteiger partial charge in [0.1, 0.15) is 5.76 Å². The number of nitrogens with zero attached hydrogens (tertiary/aromatic N) is 2. The molecule has 1 atom stereocenters. The molecule has 0 bridgehead atoms. The molecule has 2 aliphatic rings. The zero-order valence-electron chi connectivity index (χ0n) is 22.6. The first-order chi connectivity index (χ1) is 18.4. The largest absolute Gasteiger partial charge is 0.507 e. The standard InChI is InChI=1S/C30H38N2O6/c1-4-5-6-17-38-24-12-11-23(20-25(24)36-3)27-26(28(33)22-9-7-21(2)8-10-22)29(34)30(35)32(27)14-13-31-15-18-37-19-16-31/h7-12,20,27,33H,4-6,13-19H2,1-3H3. The Balaban J connectivity index is 1.71. The molecule has 2 fully saturated rings. The SMILES string of the molecule is CCCCCOc1ccc(C2C(=C(O)c3ccc(C)cc3)C(=O)C(=O)N2CCN2CCOCC2)cc1OC.